The maximum Gasteiger partial charge on any atom is 0.223 e. The van der Waals surface area contributed by atoms with Crippen LogP contribution in [0.15, 0.2) is 28.7 Å². The van der Waals surface area contributed by atoms with Crippen molar-refractivity contribution in [3.63, 3.8) is 0 Å². The van der Waals surface area contributed by atoms with Gasteiger partial charge >= 0.3 is 0 Å². The molecule has 5 nitrogen and oxygen atoms in total. The normalized spacial score (nSPS) is 14.3. The molecule has 1 amide bonds. The maximum atomic E-state index is 11.5. The van der Waals surface area contributed by atoms with Gasteiger partial charge in [-0.15, -0.1) is 0 Å². The predicted octanol–water partition coefficient (Wildman–Crippen LogP) is 2.06. The van der Waals surface area contributed by atoms with Crippen LogP contribution in [0.25, 0.3) is 11.0 Å². The molecule has 3 rings (SSSR count). The molecule has 0 spiro atoms. The van der Waals surface area contributed by atoms with Gasteiger partial charge in [0.05, 0.1) is 13.7 Å². The quantitative estimate of drug-likeness (QED) is 0.766. The van der Waals surface area contributed by atoms with Crippen molar-refractivity contribution in [3.8, 4) is 5.75 Å². The van der Waals surface area contributed by atoms with Crippen LogP contribution < -0.4 is 15.4 Å². The van der Waals surface area contributed by atoms with Crippen molar-refractivity contribution in [2.45, 2.75) is 19.4 Å². The minimum absolute atomic E-state index is 0.185. The first-order valence-electron chi connectivity index (χ1n) is 7.32. The third kappa shape index (κ3) is 3.36. The van der Waals surface area contributed by atoms with Crippen molar-refractivity contribution in [1.29, 1.82) is 0 Å². The highest BCUT2D eigenvalue weighted by molar-refractivity contribution is 5.83. The molecule has 1 aromatic carbocycles. The standard InChI is InChI=1S/C16H20N2O3/c1-20-14-4-2-3-12-9-13(21-15(12)14)10-17-7-8-18-16(19)11-5-6-11/h2-4,9,11,17H,5-8,10H2,1H3,(H,18,19). The third-order valence-electron chi connectivity index (χ3n) is 3.63. The van der Waals surface area contributed by atoms with E-state index in [-0.39, 0.29) is 11.8 Å². The summed E-state index contributed by atoms with van der Waals surface area (Å²) in [6.45, 7) is 2.02. The van der Waals surface area contributed by atoms with Gasteiger partial charge in [-0.2, -0.15) is 0 Å². The molecule has 2 aromatic rings. The SMILES string of the molecule is COc1cccc2cc(CNCCNC(=O)C3CC3)oc12. The fraction of sp³-hybridized carbons (Fsp3) is 0.438. The van der Waals surface area contributed by atoms with E-state index in [9.17, 15) is 4.79 Å². The highest BCUT2D eigenvalue weighted by Gasteiger charge is 2.28. The first kappa shape index (κ1) is 13.9. The van der Waals surface area contributed by atoms with Crippen molar-refractivity contribution < 1.29 is 13.9 Å². The number of fused-ring (bicyclic) bond motifs is 1. The summed E-state index contributed by atoms with van der Waals surface area (Å²) in [5.41, 5.74) is 0.777. The third-order valence-corrected chi connectivity index (χ3v) is 3.63. The van der Waals surface area contributed by atoms with Crippen molar-refractivity contribution in [3.05, 3.63) is 30.0 Å². The van der Waals surface area contributed by atoms with E-state index in [1.54, 1.807) is 7.11 Å². The number of hydrogen-bond acceptors (Lipinski definition) is 4. The second kappa shape index (κ2) is 6.18. The van der Waals surface area contributed by atoms with E-state index in [1.807, 2.05) is 24.3 Å². The lowest BCUT2D eigenvalue weighted by Crippen LogP contribution is -2.32. The van der Waals surface area contributed by atoms with Gasteiger partial charge in [-0.05, 0) is 25.0 Å². The van der Waals surface area contributed by atoms with Gasteiger partial charge in [0.15, 0.2) is 11.3 Å². The maximum absolute atomic E-state index is 11.5. The second-order valence-electron chi connectivity index (χ2n) is 5.33. The van der Waals surface area contributed by atoms with Crippen molar-refractivity contribution in [2.24, 2.45) is 5.92 Å². The number of carbonyl (C=O) groups excluding carboxylic acids is 1. The zero-order chi connectivity index (χ0) is 14.7. The van der Waals surface area contributed by atoms with Crippen LogP contribution in [-0.4, -0.2) is 26.1 Å². The van der Waals surface area contributed by atoms with E-state index in [0.717, 1.165) is 41.9 Å². The zero-order valence-corrected chi connectivity index (χ0v) is 12.1. The fourth-order valence-corrected chi connectivity index (χ4v) is 2.31. The van der Waals surface area contributed by atoms with Gasteiger partial charge in [-0.3, -0.25) is 4.79 Å². The van der Waals surface area contributed by atoms with E-state index >= 15 is 0 Å². The van der Waals surface area contributed by atoms with Crippen LogP contribution in [0.2, 0.25) is 0 Å². The predicted molar refractivity (Wildman–Crippen MR) is 80.2 cm³/mol. The number of furan rings is 1. The van der Waals surface area contributed by atoms with Crippen LogP contribution in [-0.2, 0) is 11.3 Å². The molecule has 5 heteroatoms. The summed E-state index contributed by atoms with van der Waals surface area (Å²) in [7, 11) is 1.64. The summed E-state index contributed by atoms with van der Waals surface area (Å²) in [5, 5.41) is 7.22. The minimum atomic E-state index is 0.185. The number of nitrogens with one attached hydrogen (secondary N) is 2. The van der Waals surface area contributed by atoms with E-state index in [0.29, 0.717) is 13.1 Å². The molecule has 0 bridgehead atoms. The summed E-state index contributed by atoms with van der Waals surface area (Å²) in [5.74, 6) is 2.07. The lowest BCUT2D eigenvalue weighted by molar-refractivity contribution is -0.122. The number of para-hydroxylation sites is 1. The Labute approximate surface area is 123 Å². The first-order valence-corrected chi connectivity index (χ1v) is 7.32. The smallest absolute Gasteiger partial charge is 0.223 e. The Morgan fingerprint density at radius 2 is 2.24 bits per heavy atom. The van der Waals surface area contributed by atoms with E-state index < -0.39 is 0 Å². The van der Waals surface area contributed by atoms with Gasteiger partial charge in [0.2, 0.25) is 5.91 Å². The molecule has 1 aliphatic carbocycles. The summed E-state index contributed by atoms with van der Waals surface area (Å²) >= 11 is 0. The molecule has 0 aliphatic heterocycles. The van der Waals surface area contributed by atoms with Crippen LogP contribution in [0.5, 0.6) is 5.75 Å². The minimum Gasteiger partial charge on any atom is -0.493 e. The van der Waals surface area contributed by atoms with Gasteiger partial charge in [0.25, 0.3) is 0 Å². The van der Waals surface area contributed by atoms with Crippen LogP contribution >= 0.6 is 0 Å². The molecule has 1 aromatic heterocycles. The average molecular weight is 288 g/mol. The molecular formula is C16H20N2O3. The van der Waals surface area contributed by atoms with E-state index in [1.165, 1.54) is 0 Å². The second-order valence-corrected chi connectivity index (χ2v) is 5.33. The zero-order valence-electron chi connectivity index (χ0n) is 12.1. The van der Waals surface area contributed by atoms with Crippen LogP contribution in [0.4, 0.5) is 0 Å². The Kier molecular flexibility index (Phi) is 4.10. The van der Waals surface area contributed by atoms with Crippen LogP contribution in [0.3, 0.4) is 0 Å². The topological polar surface area (TPSA) is 63.5 Å². The highest BCUT2D eigenvalue weighted by atomic mass is 16.5. The van der Waals surface area contributed by atoms with Gasteiger partial charge < -0.3 is 19.8 Å². The monoisotopic (exact) mass is 288 g/mol. The Morgan fingerprint density at radius 1 is 1.38 bits per heavy atom. The molecule has 0 unspecified atom stereocenters. The van der Waals surface area contributed by atoms with Crippen LogP contribution in [0.1, 0.15) is 18.6 Å². The molecule has 1 fully saturated rings. The van der Waals surface area contributed by atoms with Gasteiger partial charge in [0, 0.05) is 24.4 Å². The number of carbonyl (C=O) groups is 1. The molecule has 1 saturated carbocycles. The number of hydrogen-bond donors (Lipinski definition) is 2. The Bertz CT molecular complexity index is 631. The molecule has 0 saturated heterocycles. The molecule has 1 aliphatic rings. The highest BCUT2D eigenvalue weighted by Crippen LogP contribution is 2.29. The fourth-order valence-electron chi connectivity index (χ4n) is 2.31. The number of methoxy groups -OCH3 is 1. The van der Waals surface area contributed by atoms with Gasteiger partial charge in [-0.1, -0.05) is 12.1 Å². The molecule has 1 heterocycles. The van der Waals surface area contributed by atoms with Crippen LogP contribution in [0, 0.1) is 5.92 Å². The number of benzene rings is 1. The average Bonchev–Trinajstić information content (AvgIpc) is 3.26. The molecule has 0 atom stereocenters. The van der Waals surface area contributed by atoms with E-state index in [2.05, 4.69) is 10.6 Å². The lowest BCUT2D eigenvalue weighted by atomic mass is 10.2. The first-order chi connectivity index (χ1) is 10.3. The molecular weight excluding hydrogens is 268 g/mol. The van der Waals surface area contributed by atoms with Crippen molar-refractivity contribution in [2.75, 3.05) is 20.2 Å². The Morgan fingerprint density at radius 3 is 3.00 bits per heavy atom. The van der Waals surface area contributed by atoms with Crippen molar-refractivity contribution in [1.82, 2.24) is 10.6 Å². The molecule has 2 N–H and O–H groups in total. The lowest BCUT2D eigenvalue weighted by Gasteiger charge is -2.04. The molecule has 21 heavy (non-hydrogen) atoms. The summed E-state index contributed by atoms with van der Waals surface area (Å²) in [4.78, 5) is 11.5. The molecule has 112 valence electrons. The van der Waals surface area contributed by atoms with Gasteiger partial charge in [-0.25, -0.2) is 0 Å². The summed E-state index contributed by atoms with van der Waals surface area (Å²) < 4.78 is 11.1. The van der Waals surface area contributed by atoms with Gasteiger partial charge in [0.1, 0.15) is 5.76 Å². The van der Waals surface area contributed by atoms with Crippen molar-refractivity contribution >= 4 is 16.9 Å². The number of amides is 1. The number of ether oxygens (including phenoxy) is 1. The Hall–Kier alpha value is -2.01. The summed E-state index contributed by atoms with van der Waals surface area (Å²) in [6.07, 6.45) is 2.08. The Balaban J connectivity index is 1.47. The number of rotatable bonds is 7. The molecule has 0 radical (unpaired) electrons. The summed E-state index contributed by atoms with van der Waals surface area (Å²) in [6, 6.07) is 7.84. The van der Waals surface area contributed by atoms with E-state index in [4.69, 9.17) is 9.15 Å². The largest absolute Gasteiger partial charge is 0.493 e.